The van der Waals surface area contributed by atoms with Crippen molar-refractivity contribution >= 4 is 22.4 Å². The molecule has 0 unspecified atom stereocenters. The molecule has 0 aliphatic rings. The maximum absolute atomic E-state index is 11.4. The molecule has 0 aromatic heterocycles. The lowest BCUT2D eigenvalue weighted by molar-refractivity contribution is -0.113. The first-order valence-electron chi connectivity index (χ1n) is 5.03. The smallest absolute Gasteiger partial charge is 0.250 e. The van der Waals surface area contributed by atoms with Gasteiger partial charge in [0, 0.05) is 13.1 Å². The van der Waals surface area contributed by atoms with Crippen LogP contribution in [0, 0.1) is 6.07 Å². The first-order valence-corrected chi connectivity index (χ1v) is 5.03. The van der Waals surface area contributed by atoms with E-state index in [1.807, 2.05) is 36.4 Å². The van der Waals surface area contributed by atoms with Gasteiger partial charge in [-0.15, -0.1) is 0 Å². The second-order valence-electron chi connectivity index (χ2n) is 3.53. The van der Waals surface area contributed by atoms with Crippen LogP contribution in [0.4, 0.5) is 5.69 Å². The quantitative estimate of drug-likeness (QED) is 0.698. The molecule has 16 heavy (non-hydrogen) atoms. The van der Waals surface area contributed by atoms with Crippen molar-refractivity contribution in [3.05, 3.63) is 55.1 Å². The number of likely N-dealkylation sites (N-methyl/N-ethyl adjacent to an activating group) is 1. The van der Waals surface area contributed by atoms with Gasteiger partial charge in [0.2, 0.25) is 5.91 Å². The standard InChI is InChI=1S/C14H12NO/c1-3-14(16)15(2)13-9-8-11-6-4-5-7-12(11)10-13/h3-9H,1H2,2H3. The molecule has 0 saturated carbocycles. The van der Waals surface area contributed by atoms with Crippen molar-refractivity contribution in [2.45, 2.75) is 0 Å². The van der Waals surface area contributed by atoms with Gasteiger partial charge in [-0.05, 0) is 22.9 Å². The summed E-state index contributed by atoms with van der Waals surface area (Å²) in [6.07, 6.45) is 1.29. The largest absolute Gasteiger partial charge is 0.311 e. The normalized spacial score (nSPS) is 10.1. The molecule has 0 spiro atoms. The van der Waals surface area contributed by atoms with Gasteiger partial charge in [-0.25, -0.2) is 0 Å². The lowest BCUT2D eigenvalue weighted by atomic mass is 10.1. The monoisotopic (exact) mass is 210 g/mol. The molecule has 2 nitrogen and oxygen atoms in total. The highest BCUT2D eigenvalue weighted by Gasteiger charge is 2.07. The number of rotatable bonds is 2. The van der Waals surface area contributed by atoms with Crippen LogP contribution in [0.2, 0.25) is 0 Å². The Kier molecular flexibility index (Phi) is 2.73. The summed E-state index contributed by atoms with van der Waals surface area (Å²) in [7, 11) is 1.71. The maximum atomic E-state index is 11.4. The number of anilines is 1. The van der Waals surface area contributed by atoms with Crippen molar-refractivity contribution in [2.24, 2.45) is 0 Å². The van der Waals surface area contributed by atoms with E-state index in [0.717, 1.165) is 16.5 Å². The first-order chi connectivity index (χ1) is 7.72. The van der Waals surface area contributed by atoms with Gasteiger partial charge in [0.25, 0.3) is 0 Å². The van der Waals surface area contributed by atoms with Gasteiger partial charge in [-0.1, -0.05) is 36.9 Å². The van der Waals surface area contributed by atoms with Crippen LogP contribution in [-0.4, -0.2) is 13.0 Å². The molecular formula is C14H12NO. The Morgan fingerprint density at radius 1 is 1.31 bits per heavy atom. The fraction of sp³-hybridized carbons (Fsp3) is 0.0714. The summed E-state index contributed by atoms with van der Waals surface area (Å²) in [6.45, 7) is 3.46. The van der Waals surface area contributed by atoms with E-state index in [-0.39, 0.29) is 5.91 Å². The molecule has 0 saturated heterocycles. The van der Waals surface area contributed by atoms with Crippen LogP contribution in [0.5, 0.6) is 0 Å². The second-order valence-corrected chi connectivity index (χ2v) is 3.53. The van der Waals surface area contributed by atoms with Crippen molar-refractivity contribution in [3.63, 3.8) is 0 Å². The van der Waals surface area contributed by atoms with Crippen LogP contribution < -0.4 is 4.90 Å². The summed E-state index contributed by atoms with van der Waals surface area (Å²) >= 11 is 0. The maximum Gasteiger partial charge on any atom is 0.250 e. The third-order valence-corrected chi connectivity index (χ3v) is 2.51. The highest BCUT2D eigenvalue weighted by Crippen LogP contribution is 2.20. The highest BCUT2D eigenvalue weighted by atomic mass is 16.2. The number of carbonyl (C=O) groups is 1. The van der Waals surface area contributed by atoms with E-state index in [1.165, 1.54) is 11.0 Å². The Hall–Kier alpha value is -2.09. The number of hydrogen-bond acceptors (Lipinski definition) is 1. The fourth-order valence-electron chi connectivity index (χ4n) is 1.56. The number of fused-ring (bicyclic) bond motifs is 1. The zero-order valence-electron chi connectivity index (χ0n) is 9.10. The van der Waals surface area contributed by atoms with Crippen LogP contribution in [0.3, 0.4) is 0 Å². The highest BCUT2D eigenvalue weighted by molar-refractivity contribution is 6.01. The molecule has 0 bridgehead atoms. The SMILES string of the molecule is C=CC(=O)N(C)c1[c]c2ccccc2cc1. The molecule has 79 valence electrons. The minimum atomic E-state index is -0.133. The van der Waals surface area contributed by atoms with Crippen LogP contribution >= 0.6 is 0 Å². The van der Waals surface area contributed by atoms with Crippen LogP contribution in [-0.2, 0) is 4.79 Å². The molecule has 0 aliphatic carbocycles. The van der Waals surface area contributed by atoms with E-state index < -0.39 is 0 Å². The van der Waals surface area contributed by atoms with Crippen molar-refractivity contribution < 1.29 is 4.79 Å². The molecule has 2 heteroatoms. The minimum Gasteiger partial charge on any atom is -0.311 e. The Balaban J connectivity index is 2.46. The zero-order chi connectivity index (χ0) is 11.5. The molecule has 2 rings (SSSR count). The van der Waals surface area contributed by atoms with Gasteiger partial charge in [0.1, 0.15) is 0 Å². The number of amides is 1. The average molecular weight is 210 g/mol. The van der Waals surface area contributed by atoms with E-state index in [9.17, 15) is 4.79 Å². The molecule has 0 fully saturated rings. The van der Waals surface area contributed by atoms with E-state index in [2.05, 4.69) is 12.6 Å². The number of nitrogens with zero attached hydrogens (tertiary/aromatic N) is 1. The van der Waals surface area contributed by atoms with Crippen LogP contribution in [0.1, 0.15) is 0 Å². The van der Waals surface area contributed by atoms with Gasteiger partial charge in [0.05, 0.1) is 5.69 Å². The number of carbonyl (C=O) groups excluding carboxylic acids is 1. The summed E-state index contributed by atoms with van der Waals surface area (Å²) in [5, 5.41) is 2.12. The fourth-order valence-corrected chi connectivity index (χ4v) is 1.56. The van der Waals surface area contributed by atoms with Crippen molar-refractivity contribution in [2.75, 3.05) is 11.9 Å². The van der Waals surface area contributed by atoms with Crippen molar-refractivity contribution in [1.29, 1.82) is 0 Å². The first kappa shape index (κ1) is 10.4. The third-order valence-electron chi connectivity index (χ3n) is 2.51. The predicted molar refractivity (Wildman–Crippen MR) is 66.4 cm³/mol. The summed E-state index contributed by atoms with van der Waals surface area (Å²) in [4.78, 5) is 13.0. The lowest BCUT2D eigenvalue weighted by Crippen LogP contribution is -2.23. The number of hydrogen-bond donors (Lipinski definition) is 0. The molecule has 0 heterocycles. The zero-order valence-corrected chi connectivity index (χ0v) is 9.10. The summed E-state index contributed by atoms with van der Waals surface area (Å²) in [5.74, 6) is -0.133. The van der Waals surface area contributed by atoms with E-state index >= 15 is 0 Å². The van der Waals surface area contributed by atoms with Crippen LogP contribution in [0.15, 0.2) is 49.1 Å². The molecule has 0 N–H and O–H groups in total. The molecular weight excluding hydrogens is 198 g/mol. The van der Waals surface area contributed by atoms with Crippen molar-refractivity contribution in [1.82, 2.24) is 0 Å². The van der Waals surface area contributed by atoms with E-state index in [1.54, 1.807) is 7.05 Å². The summed E-state index contributed by atoms with van der Waals surface area (Å²) in [6, 6.07) is 15.0. The Labute approximate surface area is 94.8 Å². The Bertz CT molecular complexity index is 545. The Morgan fingerprint density at radius 3 is 2.81 bits per heavy atom. The third kappa shape index (κ3) is 1.82. The average Bonchev–Trinajstić information content (AvgIpc) is 2.36. The molecule has 2 aromatic carbocycles. The molecule has 0 aliphatic heterocycles. The molecule has 2 aromatic rings. The molecule has 1 amide bonds. The predicted octanol–water partition coefficient (Wildman–Crippen LogP) is 2.79. The van der Waals surface area contributed by atoms with E-state index in [4.69, 9.17) is 0 Å². The van der Waals surface area contributed by atoms with Gasteiger partial charge in [-0.3, -0.25) is 4.79 Å². The topological polar surface area (TPSA) is 20.3 Å². The van der Waals surface area contributed by atoms with E-state index in [0.29, 0.717) is 0 Å². The lowest BCUT2D eigenvalue weighted by Gasteiger charge is -2.15. The summed E-state index contributed by atoms with van der Waals surface area (Å²) < 4.78 is 0. The number of benzene rings is 2. The second kappa shape index (κ2) is 4.19. The molecule has 0 atom stereocenters. The van der Waals surface area contributed by atoms with Gasteiger partial charge < -0.3 is 4.90 Å². The van der Waals surface area contributed by atoms with Gasteiger partial charge >= 0.3 is 0 Å². The minimum absolute atomic E-state index is 0.133. The van der Waals surface area contributed by atoms with Crippen molar-refractivity contribution in [3.8, 4) is 0 Å². The van der Waals surface area contributed by atoms with Gasteiger partial charge in [-0.2, -0.15) is 0 Å². The Morgan fingerprint density at radius 2 is 2.06 bits per heavy atom. The molecule has 1 radical (unpaired) electrons. The summed E-state index contributed by atoms with van der Waals surface area (Å²) in [5.41, 5.74) is 0.753. The van der Waals surface area contributed by atoms with Gasteiger partial charge in [0.15, 0.2) is 0 Å². The van der Waals surface area contributed by atoms with Crippen LogP contribution in [0.25, 0.3) is 10.8 Å².